The number of rotatable bonds is 8. The monoisotopic (exact) mass is 404 g/mol. The molecule has 0 aliphatic rings. The molecule has 0 N–H and O–H groups in total. The second-order valence-corrected chi connectivity index (χ2v) is 5.96. The predicted octanol–water partition coefficient (Wildman–Crippen LogP) is 5.37. The van der Waals surface area contributed by atoms with Gasteiger partial charge in [-0.25, -0.2) is 0 Å². The normalized spacial score (nSPS) is 10.8. The molecule has 0 bridgehead atoms. The number of aromatic nitrogens is 1. The fourth-order valence-corrected chi connectivity index (χ4v) is 2.54. The Hall–Kier alpha value is -1.96. The van der Waals surface area contributed by atoms with Crippen molar-refractivity contribution >= 4 is 34.8 Å². The zero-order chi connectivity index (χ0) is 19.1. The minimum absolute atomic E-state index is 0.0602. The summed E-state index contributed by atoms with van der Waals surface area (Å²) in [6, 6.07) is 5.22. The van der Waals surface area contributed by atoms with Crippen LogP contribution in [0.2, 0.25) is 10.0 Å². The summed E-state index contributed by atoms with van der Waals surface area (Å²) in [6.45, 7) is -0.701. The highest BCUT2D eigenvalue weighted by molar-refractivity contribution is 6.39. The Labute approximate surface area is 159 Å². The third-order valence-corrected chi connectivity index (χ3v) is 3.81. The van der Waals surface area contributed by atoms with E-state index in [1.165, 1.54) is 36.7 Å². The number of pyridine rings is 1. The lowest BCUT2D eigenvalue weighted by Gasteiger charge is -2.23. The van der Waals surface area contributed by atoms with E-state index in [1.54, 1.807) is 0 Å². The summed E-state index contributed by atoms with van der Waals surface area (Å²) in [7, 11) is 0. The molecular weight excluding hydrogens is 389 g/mol. The van der Waals surface area contributed by atoms with Gasteiger partial charge in [0, 0.05) is 18.0 Å². The van der Waals surface area contributed by atoms with Crippen LogP contribution in [0.5, 0.6) is 5.75 Å². The SMILES string of the molecule is CCCCON(C(=O)c1ccc(OC(F)F)cc1)c1c(Cl)cncc1Cl. The van der Waals surface area contributed by atoms with Crippen molar-refractivity contribution in [3.8, 4) is 5.75 Å². The number of hydroxylamine groups is 1. The molecule has 0 saturated carbocycles. The highest BCUT2D eigenvalue weighted by atomic mass is 35.5. The van der Waals surface area contributed by atoms with Gasteiger partial charge >= 0.3 is 6.61 Å². The number of carbonyl (C=O) groups is 1. The maximum Gasteiger partial charge on any atom is 0.387 e. The average molecular weight is 405 g/mol. The molecule has 26 heavy (non-hydrogen) atoms. The number of nitrogens with zero attached hydrogens (tertiary/aromatic N) is 2. The van der Waals surface area contributed by atoms with Crippen molar-refractivity contribution < 1.29 is 23.1 Å². The molecule has 1 aromatic heterocycles. The lowest BCUT2D eigenvalue weighted by Crippen LogP contribution is -2.32. The molecule has 9 heteroatoms. The van der Waals surface area contributed by atoms with E-state index < -0.39 is 12.5 Å². The Morgan fingerprint density at radius 2 is 1.81 bits per heavy atom. The third-order valence-electron chi connectivity index (χ3n) is 3.26. The van der Waals surface area contributed by atoms with Crippen molar-refractivity contribution in [2.75, 3.05) is 11.7 Å². The van der Waals surface area contributed by atoms with Gasteiger partial charge in [-0.2, -0.15) is 13.8 Å². The second-order valence-electron chi connectivity index (χ2n) is 5.14. The maximum atomic E-state index is 12.9. The van der Waals surface area contributed by atoms with E-state index in [1.807, 2.05) is 6.92 Å². The van der Waals surface area contributed by atoms with Gasteiger partial charge in [0.25, 0.3) is 5.91 Å². The van der Waals surface area contributed by atoms with Crippen molar-refractivity contribution in [1.29, 1.82) is 0 Å². The number of anilines is 1. The van der Waals surface area contributed by atoms with Crippen molar-refractivity contribution in [3.63, 3.8) is 0 Å². The molecule has 0 unspecified atom stereocenters. The minimum Gasteiger partial charge on any atom is -0.435 e. The summed E-state index contributed by atoms with van der Waals surface area (Å²) >= 11 is 12.3. The number of hydrogen-bond acceptors (Lipinski definition) is 4. The molecule has 1 aromatic carbocycles. The number of ether oxygens (including phenoxy) is 1. The molecule has 1 amide bonds. The molecule has 0 saturated heterocycles. The van der Waals surface area contributed by atoms with Gasteiger partial charge in [0.1, 0.15) is 11.4 Å². The number of unbranched alkanes of at least 4 members (excludes halogenated alkanes) is 1. The number of amides is 1. The molecule has 2 rings (SSSR count). The molecule has 0 radical (unpaired) electrons. The zero-order valence-corrected chi connectivity index (χ0v) is 15.3. The maximum absolute atomic E-state index is 12.9. The number of alkyl halides is 2. The fraction of sp³-hybridized carbons (Fsp3) is 0.294. The second kappa shape index (κ2) is 9.66. The van der Waals surface area contributed by atoms with Crippen LogP contribution in [-0.4, -0.2) is 24.1 Å². The lowest BCUT2D eigenvalue weighted by molar-refractivity contribution is -0.0498. The topological polar surface area (TPSA) is 51.7 Å². The van der Waals surface area contributed by atoms with Crippen molar-refractivity contribution in [1.82, 2.24) is 4.98 Å². The Balaban J connectivity index is 2.31. The first-order valence-corrected chi connectivity index (χ1v) is 8.50. The number of benzene rings is 1. The Bertz CT molecular complexity index is 725. The molecular formula is C17H16Cl2F2N2O3. The quantitative estimate of drug-likeness (QED) is 0.438. The zero-order valence-electron chi connectivity index (χ0n) is 13.8. The van der Waals surface area contributed by atoms with E-state index in [9.17, 15) is 13.6 Å². The van der Waals surface area contributed by atoms with Crippen LogP contribution in [0.15, 0.2) is 36.7 Å². The van der Waals surface area contributed by atoms with Gasteiger partial charge in [-0.05, 0) is 30.7 Å². The fourth-order valence-electron chi connectivity index (χ4n) is 2.02. The van der Waals surface area contributed by atoms with E-state index in [2.05, 4.69) is 9.72 Å². The van der Waals surface area contributed by atoms with Crippen molar-refractivity contribution in [2.45, 2.75) is 26.4 Å². The van der Waals surface area contributed by atoms with Gasteiger partial charge in [-0.1, -0.05) is 36.5 Å². The van der Waals surface area contributed by atoms with Crippen LogP contribution in [0, 0.1) is 0 Å². The highest BCUT2D eigenvalue weighted by Gasteiger charge is 2.24. The summed E-state index contributed by atoms with van der Waals surface area (Å²) in [5.41, 5.74) is 0.351. The first kappa shape index (κ1) is 20.4. The van der Waals surface area contributed by atoms with E-state index in [0.717, 1.165) is 11.5 Å². The molecule has 140 valence electrons. The highest BCUT2D eigenvalue weighted by Crippen LogP contribution is 2.34. The van der Waals surface area contributed by atoms with E-state index >= 15 is 0 Å². The summed E-state index contributed by atoms with van der Waals surface area (Å²) in [5, 5.41) is 1.27. The average Bonchev–Trinajstić information content (AvgIpc) is 2.60. The van der Waals surface area contributed by atoms with Gasteiger partial charge in [-0.3, -0.25) is 14.6 Å². The summed E-state index contributed by atoms with van der Waals surface area (Å²) in [4.78, 5) is 22.3. The minimum atomic E-state index is -2.94. The Kier molecular flexibility index (Phi) is 7.56. The molecule has 0 spiro atoms. The van der Waals surface area contributed by atoms with Gasteiger partial charge < -0.3 is 4.74 Å². The van der Waals surface area contributed by atoms with Crippen LogP contribution in [0.4, 0.5) is 14.5 Å². The van der Waals surface area contributed by atoms with E-state index in [0.29, 0.717) is 6.42 Å². The Morgan fingerprint density at radius 1 is 1.19 bits per heavy atom. The summed E-state index contributed by atoms with van der Waals surface area (Å²) < 4.78 is 28.7. The van der Waals surface area contributed by atoms with Gasteiger partial charge in [0.15, 0.2) is 0 Å². The predicted molar refractivity (Wildman–Crippen MR) is 95.0 cm³/mol. The van der Waals surface area contributed by atoms with Crippen molar-refractivity contribution in [3.05, 3.63) is 52.3 Å². The molecule has 0 atom stereocenters. The molecule has 5 nitrogen and oxygen atoms in total. The van der Waals surface area contributed by atoms with E-state index in [4.69, 9.17) is 28.0 Å². The van der Waals surface area contributed by atoms with Crippen LogP contribution in [0.3, 0.4) is 0 Å². The van der Waals surface area contributed by atoms with Crippen molar-refractivity contribution in [2.24, 2.45) is 0 Å². The first-order chi connectivity index (χ1) is 12.4. The first-order valence-electron chi connectivity index (χ1n) is 7.75. The summed E-state index contributed by atoms with van der Waals surface area (Å²) in [6.07, 6.45) is 4.25. The number of hydrogen-bond donors (Lipinski definition) is 0. The van der Waals surface area contributed by atoms with Crippen LogP contribution < -0.4 is 9.80 Å². The molecule has 0 fully saturated rings. The van der Waals surface area contributed by atoms with Gasteiger partial charge in [0.05, 0.1) is 16.7 Å². The largest absolute Gasteiger partial charge is 0.435 e. The smallest absolute Gasteiger partial charge is 0.387 e. The number of halogens is 4. The van der Waals surface area contributed by atoms with E-state index in [-0.39, 0.29) is 33.7 Å². The Morgan fingerprint density at radius 3 is 2.35 bits per heavy atom. The van der Waals surface area contributed by atoms with Crippen LogP contribution in [-0.2, 0) is 4.84 Å². The van der Waals surface area contributed by atoms with Crippen LogP contribution in [0.1, 0.15) is 30.1 Å². The molecule has 1 heterocycles. The van der Waals surface area contributed by atoms with Crippen LogP contribution in [0.25, 0.3) is 0 Å². The molecule has 0 aliphatic carbocycles. The molecule has 2 aromatic rings. The van der Waals surface area contributed by atoms with Crippen LogP contribution >= 0.6 is 23.2 Å². The van der Waals surface area contributed by atoms with Gasteiger partial charge in [0.2, 0.25) is 0 Å². The third kappa shape index (κ3) is 5.27. The summed E-state index contributed by atoms with van der Waals surface area (Å²) in [5.74, 6) is -0.616. The molecule has 0 aliphatic heterocycles. The lowest BCUT2D eigenvalue weighted by atomic mass is 10.2. The van der Waals surface area contributed by atoms with Gasteiger partial charge in [-0.15, -0.1) is 0 Å². The number of carbonyl (C=O) groups excluding carboxylic acids is 1. The standard InChI is InChI=1S/C17H16Cl2F2N2O3/c1-2-3-8-25-23(15-13(18)9-22-10-14(15)19)16(24)11-4-6-12(7-5-11)26-17(20)21/h4-7,9-10,17H,2-3,8H2,1H3.